The van der Waals surface area contributed by atoms with Crippen molar-refractivity contribution in [1.82, 2.24) is 0 Å². The molecule has 2 nitrogen and oxygen atoms in total. The number of nitriles is 1. The Bertz CT molecular complexity index is 612. The molecule has 17 heavy (non-hydrogen) atoms. The molecule has 2 rings (SSSR count). The molecule has 0 fully saturated rings. The molecule has 2 aromatic rings. The maximum Gasteiger partial charge on any atom is 0.125 e. The lowest BCUT2D eigenvalue weighted by molar-refractivity contribution is 0.628. The number of halogens is 1. The Hall–Kier alpha value is -2.34. The zero-order valence-electron chi connectivity index (χ0n) is 9.37. The third-order valence-electron chi connectivity index (χ3n) is 2.63. The van der Waals surface area contributed by atoms with E-state index in [4.69, 9.17) is 11.0 Å². The fourth-order valence-corrected chi connectivity index (χ4v) is 1.68. The van der Waals surface area contributed by atoms with Gasteiger partial charge in [-0.05, 0) is 53.9 Å². The molecule has 0 atom stereocenters. The Morgan fingerprint density at radius 2 is 1.88 bits per heavy atom. The largest absolute Gasteiger partial charge is 0.399 e. The van der Waals surface area contributed by atoms with Crippen LogP contribution in [0, 0.1) is 24.1 Å². The first-order valence-electron chi connectivity index (χ1n) is 5.17. The first-order valence-corrected chi connectivity index (χ1v) is 5.17. The molecule has 2 N–H and O–H groups in total. The molecular formula is C14H11FN2. The maximum atomic E-state index is 13.3. The van der Waals surface area contributed by atoms with E-state index in [9.17, 15) is 4.39 Å². The Kier molecular flexibility index (Phi) is 2.80. The van der Waals surface area contributed by atoms with Crippen LogP contribution >= 0.6 is 0 Å². The van der Waals surface area contributed by atoms with Gasteiger partial charge >= 0.3 is 0 Å². The first kappa shape index (κ1) is 11.2. The fraction of sp³-hybridized carbons (Fsp3) is 0.0714. The van der Waals surface area contributed by atoms with Crippen molar-refractivity contribution in [2.24, 2.45) is 0 Å². The molecule has 0 spiro atoms. The highest BCUT2D eigenvalue weighted by Gasteiger charge is 2.04. The van der Waals surface area contributed by atoms with Crippen molar-refractivity contribution < 1.29 is 4.39 Å². The molecule has 0 bridgehead atoms. The third-order valence-corrected chi connectivity index (χ3v) is 2.63. The number of nitrogen functional groups attached to an aromatic ring is 1. The monoisotopic (exact) mass is 226 g/mol. The highest BCUT2D eigenvalue weighted by Crippen LogP contribution is 2.25. The standard InChI is InChI=1S/C14H11FN2/c1-9-4-11(2-3-14(9)17)12-5-10(8-16)6-13(15)7-12/h2-7H,17H2,1H3. The normalized spacial score (nSPS) is 9.94. The minimum atomic E-state index is -0.409. The van der Waals surface area contributed by atoms with Crippen LogP contribution in [0.15, 0.2) is 36.4 Å². The van der Waals surface area contributed by atoms with Gasteiger partial charge in [-0.25, -0.2) is 4.39 Å². The van der Waals surface area contributed by atoms with Crippen molar-refractivity contribution in [1.29, 1.82) is 5.26 Å². The van der Waals surface area contributed by atoms with Gasteiger partial charge in [-0.3, -0.25) is 0 Å². The highest BCUT2D eigenvalue weighted by molar-refractivity contribution is 5.69. The van der Waals surface area contributed by atoms with Crippen LogP contribution in [0.2, 0.25) is 0 Å². The summed E-state index contributed by atoms with van der Waals surface area (Å²) in [7, 11) is 0. The summed E-state index contributed by atoms with van der Waals surface area (Å²) in [6.45, 7) is 1.89. The fourth-order valence-electron chi connectivity index (χ4n) is 1.68. The lowest BCUT2D eigenvalue weighted by atomic mass is 10.0. The van der Waals surface area contributed by atoms with E-state index in [1.54, 1.807) is 12.1 Å². The summed E-state index contributed by atoms with van der Waals surface area (Å²) < 4.78 is 13.3. The zero-order valence-corrected chi connectivity index (χ0v) is 9.37. The quantitative estimate of drug-likeness (QED) is 0.759. The predicted molar refractivity (Wildman–Crippen MR) is 65.7 cm³/mol. The Morgan fingerprint density at radius 3 is 2.53 bits per heavy atom. The van der Waals surface area contributed by atoms with E-state index in [2.05, 4.69) is 0 Å². The number of nitrogens with zero attached hydrogens (tertiary/aromatic N) is 1. The Morgan fingerprint density at radius 1 is 1.12 bits per heavy atom. The maximum absolute atomic E-state index is 13.3. The van der Waals surface area contributed by atoms with E-state index in [0.717, 1.165) is 11.1 Å². The topological polar surface area (TPSA) is 49.8 Å². The van der Waals surface area contributed by atoms with E-state index in [1.165, 1.54) is 12.1 Å². The average Bonchev–Trinajstić information content (AvgIpc) is 2.32. The van der Waals surface area contributed by atoms with Crippen molar-refractivity contribution >= 4 is 5.69 Å². The van der Waals surface area contributed by atoms with Gasteiger partial charge < -0.3 is 5.73 Å². The van der Waals surface area contributed by atoms with Gasteiger partial charge in [0.05, 0.1) is 11.6 Å². The molecular weight excluding hydrogens is 215 g/mol. The molecule has 0 unspecified atom stereocenters. The number of aryl methyl sites for hydroxylation is 1. The molecule has 84 valence electrons. The molecule has 0 aliphatic rings. The molecule has 0 aliphatic heterocycles. The van der Waals surface area contributed by atoms with Gasteiger partial charge in [0.25, 0.3) is 0 Å². The van der Waals surface area contributed by atoms with Crippen molar-refractivity contribution in [3.8, 4) is 17.2 Å². The molecule has 0 amide bonds. The summed E-state index contributed by atoms with van der Waals surface area (Å²) in [5.74, 6) is -0.409. The van der Waals surface area contributed by atoms with Crippen molar-refractivity contribution in [3.05, 3.63) is 53.3 Å². The van der Waals surface area contributed by atoms with Gasteiger partial charge in [-0.1, -0.05) is 6.07 Å². The minimum Gasteiger partial charge on any atom is -0.399 e. The smallest absolute Gasteiger partial charge is 0.125 e. The average molecular weight is 226 g/mol. The van der Waals surface area contributed by atoms with Gasteiger partial charge in [0.15, 0.2) is 0 Å². The van der Waals surface area contributed by atoms with Crippen LogP contribution in [0.5, 0.6) is 0 Å². The number of rotatable bonds is 1. The number of benzene rings is 2. The summed E-state index contributed by atoms with van der Waals surface area (Å²) in [5.41, 5.74) is 9.22. The molecule has 0 saturated carbocycles. The van der Waals surface area contributed by atoms with Crippen LogP contribution in [0.1, 0.15) is 11.1 Å². The van der Waals surface area contributed by atoms with Crippen molar-refractivity contribution in [2.45, 2.75) is 6.92 Å². The summed E-state index contributed by atoms with van der Waals surface area (Å²) in [4.78, 5) is 0. The van der Waals surface area contributed by atoms with Gasteiger partial charge in [-0.2, -0.15) is 5.26 Å². The summed E-state index contributed by atoms with van der Waals surface area (Å²) >= 11 is 0. The van der Waals surface area contributed by atoms with Gasteiger partial charge in [0.1, 0.15) is 5.82 Å². The van der Waals surface area contributed by atoms with Crippen molar-refractivity contribution in [2.75, 3.05) is 5.73 Å². The molecule has 0 heterocycles. The lowest BCUT2D eigenvalue weighted by Gasteiger charge is -2.06. The second kappa shape index (κ2) is 4.26. The second-order valence-electron chi connectivity index (χ2n) is 3.91. The molecule has 2 aromatic carbocycles. The molecule has 0 aliphatic carbocycles. The Labute approximate surface area is 99.1 Å². The molecule has 0 aromatic heterocycles. The number of nitrogens with two attached hydrogens (primary N) is 1. The SMILES string of the molecule is Cc1cc(-c2cc(F)cc(C#N)c2)ccc1N. The van der Waals surface area contributed by atoms with Crippen LogP contribution in [-0.2, 0) is 0 Å². The molecule has 0 radical (unpaired) electrons. The van der Waals surface area contributed by atoms with Crippen LogP contribution < -0.4 is 5.73 Å². The van der Waals surface area contributed by atoms with Gasteiger partial charge in [-0.15, -0.1) is 0 Å². The van der Waals surface area contributed by atoms with E-state index < -0.39 is 5.82 Å². The van der Waals surface area contributed by atoms with E-state index >= 15 is 0 Å². The van der Waals surface area contributed by atoms with Gasteiger partial charge in [0, 0.05) is 5.69 Å². The third kappa shape index (κ3) is 2.26. The zero-order chi connectivity index (χ0) is 12.4. The first-order chi connectivity index (χ1) is 8.10. The van der Waals surface area contributed by atoms with Crippen molar-refractivity contribution in [3.63, 3.8) is 0 Å². The number of anilines is 1. The number of hydrogen-bond acceptors (Lipinski definition) is 2. The minimum absolute atomic E-state index is 0.314. The van der Waals surface area contributed by atoms with Crippen LogP contribution in [0.25, 0.3) is 11.1 Å². The van der Waals surface area contributed by atoms with Crippen LogP contribution in [-0.4, -0.2) is 0 Å². The number of hydrogen-bond donors (Lipinski definition) is 1. The van der Waals surface area contributed by atoms with E-state index in [-0.39, 0.29) is 0 Å². The lowest BCUT2D eigenvalue weighted by Crippen LogP contribution is -1.90. The van der Waals surface area contributed by atoms with E-state index in [0.29, 0.717) is 16.8 Å². The predicted octanol–water partition coefficient (Wildman–Crippen LogP) is 3.26. The summed E-state index contributed by atoms with van der Waals surface area (Å²) in [6, 6.07) is 11.7. The Balaban J connectivity index is 2.56. The highest BCUT2D eigenvalue weighted by atomic mass is 19.1. The van der Waals surface area contributed by atoms with Crippen LogP contribution in [0.3, 0.4) is 0 Å². The molecule has 0 saturated heterocycles. The molecule has 3 heteroatoms. The summed E-state index contributed by atoms with van der Waals surface area (Å²) in [6.07, 6.45) is 0. The van der Waals surface area contributed by atoms with E-state index in [1.807, 2.05) is 25.1 Å². The second-order valence-corrected chi connectivity index (χ2v) is 3.91. The van der Waals surface area contributed by atoms with Crippen LogP contribution in [0.4, 0.5) is 10.1 Å². The summed E-state index contributed by atoms with van der Waals surface area (Å²) in [5, 5.41) is 8.80. The van der Waals surface area contributed by atoms with Gasteiger partial charge in [0.2, 0.25) is 0 Å².